The van der Waals surface area contributed by atoms with Gasteiger partial charge in [0.2, 0.25) is 11.8 Å². The molecule has 6 atom stereocenters. The van der Waals surface area contributed by atoms with Crippen molar-refractivity contribution in [2.75, 3.05) is 24.6 Å². The van der Waals surface area contributed by atoms with E-state index in [1.54, 1.807) is 34.1 Å². The standard InChI is InChI=1S/C32H34ClN3O5/c1-3-22(20-37)36-27-30(40)35(24-14-8-7-13-23(24)33)18-10-16-32(27)26(29(36)39)25-28(38)34(17-9-15-31(25,2)41-32)19-21-11-5-4-6-12-21/h4-16,22,25-27,37H,3,17-20H2,1-2H3/t22-,25-,26-,27?,31+,32-/m0/s1. The summed E-state index contributed by atoms with van der Waals surface area (Å²) in [5.74, 6) is -2.71. The highest BCUT2D eigenvalue weighted by Gasteiger charge is 2.75. The van der Waals surface area contributed by atoms with Gasteiger partial charge in [0.1, 0.15) is 11.6 Å². The van der Waals surface area contributed by atoms with E-state index < -0.39 is 35.1 Å². The van der Waals surface area contributed by atoms with Crippen LogP contribution in [0.5, 0.6) is 0 Å². The predicted octanol–water partition coefficient (Wildman–Crippen LogP) is 3.58. The predicted molar refractivity (Wildman–Crippen MR) is 155 cm³/mol. The monoisotopic (exact) mass is 575 g/mol. The van der Waals surface area contributed by atoms with E-state index in [1.165, 1.54) is 4.90 Å². The van der Waals surface area contributed by atoms with Gasteiger partial charge < -0.3 is 24.5 Å². The van der Waals surface area contributed by atoms with Crippen molar-refractivity contribution in [1.82, 2.24) is 9.80 Å². The number of para-hydroxylation sites is 1. The highest BCUT2D eigenvalue weighted by molar-refractivity contribution is 6.34. The van der Waals surface area contributed by atoms with E-state index >= 15 is 0 Å². The van der Waals surface area contributed by atoms with Gasteiger partial charge in [0.15, 0.2) is 0 Å². The van der Waals surface area contributed by atoms with Crippen molar-refractivity contribution in [3.8, 4) is 0 Å². The molecule has 0 aliphatic carbocycles. The zero-order valence-electron chi connectivity index (χ0n) is 23.2. The number of likely N-dealkylation sites (tertiary alicyclic amines) is 1. The Bertz CT molecular complexity index is 1430. The van der Waals surface area contributed by atoms with Crippen LogP contribution in [0.15, 0.2) is 78.9 Å². The number of halogens is 1. The molecule has 1 unspecified atom stereocenters. The zero-order valence-corrected chi connectivity index (χ0v) is 23.9. The number of fused-ring (bicyclic) bond motifs is 2. The number of carbonyl (C=O) groups excluding carboxylic acids is 3. The molecule has 41 heavy (non-hydrogen) atoms. The summed E-state index contributed by atoms with van der Waals surface area (Å²) in [7, 11) is 0. The van der Waals surface area contributed by atoms with E-state index in [0.717, 1.165) is 5.56 Å². The Balaban J connectivity index is 1.47. The second kappa shape index (κ2) is 10.4. The molecule has 8 nitrogen and oxygen atoms in total. The van der Waals surface area contributed by atoms with E-state index in [-0.39, 0.29) is 30.9 Å². The van der Waals surface area contributed by atoms with Crippen LogP contribution in [0.3, 0.4) is 0 Å². The third-order valence-electron chi connectivity index (χ3n) is 9.01. The molecule has 6 rings (SSSR count). The molecule has 3 amide bonds. The SMILES string of the molecule is CC[C@@H](CO)N1C(=O)[C@@H]2[C@H]3C(=O)N(Cc4ccccc4)CC=C[C@@]3(C)O[C@@]23C=CCN(c2ccccc2Cl)C(=O)C13. The number of hydrogen-bond donors (Lipinski definition) is 1. The first kappa shape index (κ1) is 27.7. The summed E-state index contributed by atoms with van der Waals surface area (Å²) in [6, 6.07) is 15.1. The number of carbonyl (C=O) groups is 3. The van der Waals surface area contributed by atoms with E-state index in [0.29, 0.717) is 30.2 Å². The van der Waals surface area contributed by atoms with Gasteiger partial charge in [-0.15, -0.1) is 0 Å². The summed E-state index contributed by atoms with van der Waals surface area (Å²) >= 11 is 6.52. The molecule has 0 saturated carbocycles. The number of ether oxygens (including phenoxy) is 1. The Kier molecular flexibility index (Phi) is 7.04. The molecule has 2 saturated heterocycles. The van der Waals surface area contributed by atoms with Crippen LogP contribution in [0.25, 0.3) is 0 Å². The average molecular weight is 576 g/mol. The molecule has 1 spiro atoms. The topological polar surface area (TPSA) is 90.4 Å². The molecular formula is C32H34ClN3O5. The highest BCUT2D eigenvalue weighted by Crippen LogP contribution is 2.58. The quantitative estimate of drug-likeness (QED) is 0.532. The zero-order chi connectivity index (χ0) is 28.9. The fourth-order valence-corrected chi connectivity index (χ4v) is 7.39. The summed E-state index contributed by atoms with van der Waals surface area (Å²) in [4.78, 5) is 48.2. The first-order chi connectivity index (χ1) is 19.8. The smallest absolute Gasteiger partial charge is 0.253 e. The molecule has 9 heteroatoms. The third-order valence-corrected chi connectivity index (χ3v) is 9.33. The number of amides is 3. The number of aliphatic hydroxyl groups excluding tert-OH is 1. The first-order valence-electron chi connectivity index (χ1n) is 14.1. The van der Waals surface area contributed by atoms with Gasteiger partial charge >= 0.3 is 0 Å². The molecule has 0 radical (unpaired) electrons. The Hall–Kier alpha value is -3.46. The normalized spacial score (nSPS) is 31.6. The third kappa shape index (κ3) is 4.23. The van der Waals surface area contributed by atoms with E-state index in [4.69, 9.17) is 16.3 Å². The largest absolute Gasteiger partial charge is 0.394 e. The lowest BCUT2D eigenvalue weighted by Gasteiger charge is -2.40. The summed E-state index contributed by atoms with van der Waals surface area (Å²) < 4.78 is 6.88. The summed E-state index contributed by atoms with van der Waals surface area (Å²) in [5, 5.41) is 10.7. The van der Waals surface area contributed by atoms with Gasteiger partial charge in [-0.25, -0.2) is 0 Å². The molecule has 214 valence electrons. The molecule has 0 bridgehead atoms. The minimum Gasteiger partial charge on any atom is -0.394 e. The van der Waals surface area contributed by atoms with Crippen LogP contribution in [-0.2, 0) is 25.7 Å². The van der Waals surface area contributed by atoms with Crippen molar-refractivity contribution >= 4 is 35.0 Å². The van der Waals surface area contributed by atoms with Gasteiger partial charge in [0.25, 0.3) is 5.91 Å². The Morgan fingerprint density at radius 3 is 2.37 bits per heavy atom. The molecule has 0 aromatic heterocycles. The lowest BCUT2D eigenvalue weighted by molar-refractivity contribution is -0.151. The van der Waals surface area contributed by atoms with Crippen LogP contribution in [0, 0.1) is 11.8 Å². The van der Waals surface area contributed by atoms with Crippen LogP contribution < -0.4 is 4.90 Å². The fraction of sp³-hybridized carbons (Fsp3) is 0.406. The minimum absolute atomic E-state index is 0.192. The number of hydrogen-bond acceptors (Lipinski definition) is 5. The van der Waals surface area contributed by atoms with Gasteiger partial charge in [-0.3, -0.25) is 14.4 Å². The maximum absolute atomic E-state index is 14.5. The molecular weight excluding hydrogens is 542 g/mol. The van der Waals surface area contributed by atoms with Crippen LogP contribution in [0.1, 0.15) is 25.8 Å². The Labute approximate surface area is 244 Å². The Morgan fingerprint density at radius 1 is 0.951 bits per heavy atom. The van der Waals surface area contributed by atoms with Gasteiger partial charge in [0.05, 0.1) is 40.8 Å². The number of benzene rings is 2. The van der Waals surface area contributed by atoms with Crippen molar-refractivity contribution in [2.45, 2.75) is 50.1 Å². The summed E-state index contributed by atoms with van der Waals surface area (Å²) in [6.07, 6.45) is 7.86. The summed E-state index contributed by atoms with van der Waals surface area (Å²) in [6.45, 7) is 4.37. The second-order valence-corrected chi connectivity index (χ2v) is 11.8. The van der Waals surface area contributed by atoms with Gasteiger partial charge in [-0.2, -0.15) is 0 Å². The lowest BCUT2D eigenvalue weighted by Crippen LogP contribution is -2.58. The van der Waals surface area contributed by atoms with Gasteiger partial charge in [-0.05, 0) is 31.0 Å². The van der Waals surface area contributed by atoms with Crippen LogP contribution in [0.4, 0.5) is 5.69 Å². The molecule has 1 N–H and O–H groups in total. The minimum atomic E-state index is -1.40. The van der Waals surface area contributed by atoms with Crippen molar-refractivity contribution in [2.24, 2.45) is 11.8 Å². The number of aliphatic hydroxyl groups is 1. The van der Waals surface area contributed by atoms with Gasteiger partial charge in [0, 0.05) is 19.6 Å². The molecule has 2 fully saturated rings. The van der Waals surface area contributed by atoms with Crippen LogP contribution in [0.2, 0.25) is 5.02 Å². The first-order valence-corrected chi connectivity index (χ1v) is 14.5. The van der Waals surface area contributed by atoms with Crippen LogP contribution >= 0.6 is 11.6 Å². The molecule has 2 aromatic carbocycles. The maximum Gasteiger partial charge on any atom is 0.253 e. The average Bonchev–Trinajstić information content (AvgIpc) is 3.24. The van der Waals surface area contributed by atoms with E-state index in [1.807, 2.05) is 68.5 Å². The van der Waals surface area contributed by atoms with Crippen molar-refractivity contribution in [3.63, 3.8) is 0 Å². The highest BCUT2D eigenvalue weighted by atomic mass is 35.5. The Morgan fingerprint density at radius 2 is 1.66 bits per heavy atom. The van der Waals surface area contributed by atoms with E-state index in [2.05, 4.69) is 0 Å². The number of nitrogens with zero attached hydrogens (tertiary/aromatic N) is 3. The van der Waals surface area contributed by atoms with Gasteiger partial charge in [-0.1, -0.05) is 85.3 Å². The maximum atomic E-state index is 14.5. The van der Waals surface area contributed by atoms with Crippen molar-refractivity contribution in [1.29, 1.82) is 0 Å². The summed E-state index contributed by atoms with van der Waals surface area (Å²) in [5.41, 5.74) is -1.01. The van der Waals surface area contributed by atoms with Crippen LogP contribution in [-0.4, -0.2) is 75.6 Å². The molecule has 2 aromatic rings. The number of anilines is 1. The molecule has 4 aliphatic heterocycles. The van der Waals surface area contributed by atoms with E-state index in [9.17, 15) is 19.5 Å². The molecule has 4 heterocycles. The molecule has 4 aliphatic rings. The fourth-order valence-electron chi connectivity index (χ4n) is 7.15. The lowest BCUT2D eigenvalue weighted by atomic mass is 9.74. The van der Waals surface area contributed by atoms with Crippen molar-refractivity contribution < 1.29 is 24.2 Å². The number of rotatable bonds is 6. The van der Waals surface area contributed by atoms with Crippen molar-refractivity contribution in [3.05, 3.63) is 89.5 Å². The second-order valence-electron chi connectivity index (χ2n) is 11.4.